The van der Waals surface area contributed by atoms with Crippen molar-refractivity contribution in [2.75, 3.05) is 0 Å². The van der Waals surface area contributed by atoms with Crippen molar-refractivity contribution in [2.45, 2.75) is 32.5 Å². The fourth-order valence-electron chi connectivity index (χ4n) is 0.499. The van der Waals surface area contributed by atoms with Gasteiger partial charge in [0.05, 0.1) is 0 Å². The molecular formula is C5H13N3Si. The molecule has 0 spiro atoms. The lowest BCUT2D eigenvalue weighted by Crippen LogP contribution is -2.23. The van der Waals surface area contributed by atoms with Gasteiger partial charge in [-0.2, -0.15) is 0 Å². The zero-order chi connectivity index (χ0) is 7.33. The molecule has 52 valence electrons. The summed E-state index contributed by atoms with van der Waals surface area (Å²) in [4.78, 5) is 2.84. The zero-order valence-corrected chi connectivity index (χ0v) is 7.26. The summed E-state index contributed by atoms with van der Waals surface area (Å²) in [5.74, 6) is 0. The Hall–Kier alpha value is -0.473. The predicted octanol–water partition coefficient (Wildman–Crippen LogP) is 2.91. The summed E-state index contributed by atoms with van der Waals surface area (Å²) >= 11 is 0. The quantitative estimate of drug-likeness (QED) is 0.252. The van der Waals surface area contributed by atoms with Crippen LogP contribution in [0, 0.1) is 0 Å². The summed E-state index contributed by atoms with van der Waals surface area (Å²) in [6.45, 7) is 6.28. The zero-order valence-electron chi connectivity index (χ0n) is 6.26. The highest BCUT2D eigenvalue weighted by atomic mass is 28.3. The van der Waals surface area contributed by atoms with Crippen LogP contribution in [-0.4, -0.2) is 8.24 Å². The third kappa shape index (κ3) is 2.53. The third-order valence-electron chi connectivity index (χ3n) is 1.81. The molecule has 0 rings (SSSR count). The van der Waals surface area contributed by atoms with E-state index in [1.807, 2.05) is 0 Å². The van der Waals surface area contributed by atoms with E-state index in [-0.39, 0.29) is 0 Å². The Morgan fingerprint density at radius 2 is 1.89 bits per heavy atom. The Morgan fingerprint density at radius 3 is 2.00 bits per heavy atom. The normalized spacial score (nSPS) is 10.6. The lowest BCUT2D eigenvalue weighted by molar-refractivity contribution is 1.21. The van der Waals surface area contributed by atoms with Crippen molar-refractivity contribution >= 4 is 8.24 Å². The molecule has 0 aliphatic carbocycles. The van der Waals surface area contributed by atoms with Crippen LogP contribution in [0.1, 0.15) is 13.8 Å². The monoisotopic (exact) mass is 143 g/mol. The Balaban J connectivity index is 4.08. The first kappa shape index (κ1) is 8.53. The molecule has 0 fully saturated rings. The Kier molecular flexibility index (Phi) is 3.35. The SMILES string of the molecule is CC[Si](C)(CC)N=[N+]=[N-]. The van der Waals surface area contributed by atoms with E-state index in [2.05, 4.69) is 30.1 Å². The topological polar surface area (TPSA) is 48.8 Å². The Labute approximate surface area is 56.8 Å². The molecule has 0 amide bonds. The number of rotatable bonds is 3. The summed E-state index contributed by atoms with van der Waals surface area (Å²) in [5.41, 5.74) is 8.16. The molecule has 0 aliphatic heterocycles. The third-order valence-corrected chi connectivity index (χ3v) is 5.43. The van der Waals surface area contributed by atoms with Crippen LogP contribution in [0.2, 0.25) is 18.6 Å². The van der Waals surface area contributed by atoms with Gasteiger partial charge >= 0.3 is 0 Å². The van der Waals surface area contributed by atoms with Crippen molar-refractivity contribution in [1.29, 1.82) is 0 Å². The molecule has 9 heavy (non-hydrogen) atoms. The van der Waals surface area contributed by atoms with Gasteiger partial charge in [-0.1, -0.05) is 32.5 Å². The molecule has 0 radical (unpaired) electrons. The second-order valence-corrected chi connectivity index (χ2v) is 7.00. The fraction of sp³-hybridized carbons (Fsp3) is 1.00. The maximum atomic E-state index is 8.16. The van der Waals surface area contributed by atoms with Crippen molar-refractivity contribution in [1.82, 2.24) is 0 Å². The van der Waals surface area contributed by atoms with Crippen LogP contribution in [0.5, 0.6) is 0 Å². The molecule has 3 nitrogen and oxygen atoms in total. The van der Waals surface area contributed by atoms with Crippen LogP contribution in [0.25, 0.3) is 10.4 Å². The molecule has 0 saturated heterocycles. The molecule has 0 aromatic carbocycles. The Bertz CT molecular complexity index is 124. The number of azide groups is 1. The summed E-state index contributed by atoms with van der Waals surface area (Å²) in [6.07, 6.45) is 0. The van der Waals surface area contributed by atoms with Gasteiger partial charge in [0, 0.05) is 0 Å². The number of nitrogens with zero attached hydrogens (tertiary/aromatic N) is 3. The average Bonchev–Trinajstić information content (AvgIpc) is 1.89. The van der Waals surface area contributed by atoms with Crippen molar-refractivity contribution in [3.8, 4) is 0 Å². The van der Waals surface area contributed by atoms with E-state index < -0.39 is 8.24 Å². The van der Waals surface area contributed by atoms with Crippen LogP contribution < -0.4 is 0 Å². The molecule has 0 aromatic rings. The molecule has 0 aliphatic rings. The molecule has 0 N–H and O–H groups in total. The van der Waals surface area contributed by atoms with Gasteiger partial charge in [0.2, 0.25) is 0 Å². The smallest absolute Gasteiger partial charge is 0.124 e. The standard InChI is InChI=1S/C5H13N3Si/c1-4-9(3,5-2)8-7-6/h4-5H2,1-3H3. The van der Waals surface area contributed by atoms with E-state index in [1.165, 1.54) is 0 Å². The van der Waals surface area contributed by atoms with E-state index in [9.17, 15) is 0 Å². The minimum atomic E-state index is -1.49. The van der Waals surface area contributed by atoms with Gasteiger partial charge in [-0.25, -0.2) is 0 Å². The lowest BCUT2D eigenvalue weighted by Gasteiger charge is -2.14. The number of hydrogen-bond donors (Lipinski definition) is 0. The molecule has 0 unspecified atom stereocenters. The van der Waals surface area contributed by atoms with Crippen LogP contribution in [-0.2, 0) is 0 Å². The largest absolute Gasteiger partial charge is 0.152 e. The van der Waals surface area contributed by atoms with E-state index in [0.717, 1.165) is 12.1 Å². The van der Waals surface area contributed by atoms with Crippen molar-refractivity contribution < 1.29 is 0 Å². The van der Waals surface area contributed by atoms with Crippen LogP contribution in [0.4, 0.5) is 0 Å². The van der Waals surface area contributed by atoms with Crippen molar-refractivity contribution in [2.24, 2.45) is 4.78 Å². The van der Waals surface area contributed by atoms with E-state index in [1.54, 1.807) is 0 Å². The molecule has 0 atom stereocenters. The van der Waals surface area contributed by atoms with Gasteiger partial charge in [-0.15, -0.1) is 4.78 Å². The highest BCUT2D eigenvalue weighted by Crippen LogP contribution is 2.15. The summed E-state index contributed by atoms with van der Waals surface area (Å²) in [7, 11) is -1.49. The summed E-state index contributed by atoms with van der Waals surface area (Å²) < 4.78 is 3.81. The summed E-state index contributed by atoms with van der Waals surface area (Å²) in [5, 5.41) is 0. The average molecular weight is 143 g/mol. The van der Waals surface area contributed by atoms with Gasteiger partial charge in [-0.3, -0.25) is 0 Å². The first-order valence-corrected chi connectivity index (χ1v) is 6.11. The Morgan fingerprint density at radius 1 is 1.44 bits per heavy atom. The van der Waals surface area contributed by atoms with Gasteiger partial charge in [0.15, 0.2) is 8.24 Å². The number of hydrogen-bond acceptors (Lipinski definition) is 1. The van der Waals surface area contributed by atoms with E-state index in [0.29, 0.717) is 0 Å². The summed E-state index contributed by atoms with van der Waals surface area (Å²) in [6, 6.07) is 2.10. The van der Waals surface area contributed by atoms with Crippen molar-refractivity contribution in [3.05, 3.63) is 10.4 Å². The van der Waals surface area contributed by atoms with E-state index >= 15 is 0 Å². The molecule has 0 bridgehead atoms. The fourth-order valence-corrected chi connectivity index (χ4v) is 1.50. The maximum Gasteiger partial charge on any atom is 0.152 e. The van der Waals surface area contributed by atoms with Crippen LogP contribution in [0.15, 0.2) is 4.78 Å². The molecular weight excluding hydrogens is 130 g/mol. The molecule has 0 heterocycles. The van der Waals surface area contributed by atoms with Crippen molar-refractivity contribution in [3.63, 3.8) is 0 Å². The predicted molar refractivity (Wildman–Crippen MR) is 41.7 cm³/mol. The first-order valence-electron chi connectivity index (χ1n) is 3.24. The van der Waals surface area contributed by atoms with Gasteiger partial charge < -0.3 is 0 Å². The highest BCUT2D eigenvalue weighted by molar-refractivity contribution is 6.76. The maximum absolute atomic E-state index is 8.16. The molecule has 4 heteroatoms. The first-order chi connectivity index (χ1) is 4.18. The second-order valence-electron chi connectivity index (χ2n) is 2.39. The lowest BCUT2D eigenvalue weighted by atomic mass is 10.9. The minimum Gasteiger partial charge on any atom is -0.124 e. The van der Waals surface area contributed by atoms with Gasteiger partial charge in [-0.05, 0) is 10.4 Å². The molecule has 0 aromatic heterocycles. The minimum absolute atomic E-state index is 1.05. The van der Waals surface area contributed by atoms with Crippen LogP contribution >= 0.6 is 0 Å². The van der Waals surface area contributed by atoms with Gasteiger partial charge in [0.1, 0.15) is 0 Å². The van der Waals surface area contributed by atoms with Crippen LogP contribution in [0.3, 0.4) is 0 Å². The second kappa shape index (κ2) is 3.53. The molecule has 0 saturated carbocycles. The van der Waals surface area contributed by atoms with E-state index in [4.69, 9.17) is 5.53 Å². The highest BCUT2D eigenvalue weighted by Gasteiger charge is 2.19. The van der Waals surface area contributed by atoms with Gasteiger partial charge in [0.25, 0.3) is 0 Å².